The van der Waals surface area contributed by atoms with Crippen LogP contribution in [0.5, 0.6) is 0 Å². The Kier molecular flexibility index (Phi) is 4.00. The Labute approximate surface area is 111 Å². The van der Waals surface area contributed by atoms with Crippen molar-refractivity contribution < 1.29 is 4.79 Å². The fourth-order valence-corrected chi connectivity index (χ4v) is 2.50. The molecule has 3 nitrogen and oxygen atoms in total. The van der Waals surface area contributed by atoms with E-state index in [0.717, 1.165) is 28.5 Å². The molecular formula is C11H12Br2N2O. The SMILES string of the molecule is O=C(N[C@@H]1CCNC1)c1cc(Br)ccc1Br. The van der Waals surface area contributed by atoms with Gasteiger partial charge in [-0.25, -0.2) is 0 Å². The summed E-state index contributed by atoms with van der Waals surface area (Å²) in [7, 11) is 0. The Morgan fingerprint density at radius 2 is 2.25 bits per heavy atom. The first kappa shape index (κ1) is 12.1. The second-order valence-corrected chi connectivity index (χ2v) is 5.56. The number of benzene rings is 1. The van der Waals surface area contributed by atoms with E-state index in [1.165, 1.54) is 0 Å². The number of rotatable bonds is 2. The normalized spacial score (nSPS) is 19.8. The predicted octanol–water partition coefficient (Wildman–Crippen LogP) is 2.30. The van der Waals surface area contributed by atoms with Crippen molar-refractivity contribution >= 4 is 37.8 Å². The lowest BCUT2D eigenvalue weighted by Crippen LogP contribution is -2.36. The molecule has 1 fully saturated rings. The average Bonchev–Trinajstić information content (AvgIpc) is 2.74. The zero-order valence-electron chi connectivity index (χ0n) is 8.59. The number of hydrogen-bond donors (Lipinski definition) is 2. The molecule has 16 heavy (non-hydrogen) atoms. The topological polar surface area (TPSA) is 41.1 Å². The van der Waals surface area contributed by atoms with Crippen molar-refractivity contribution in [3.05, 3.63) is 32.7 Å². The lowest BCUT2D eigenvalue weighted by Gasteiger charge is -2.12. The first-order valence-electron chi connectivity index (χ1n) is 5.13. The maximum absolute atomic E-state index is 12.0. The van der Waals surface area contributed by atoms with Crippen LogP contribution in [-0.4, -0.2) is 25.0 Å². The highest BCUT2D eigenvalue weighted by Gasteiger charge is 2.18. The summed E-state index contributed by atoms with van der Waals surface area (Å²) in [5.41, 5.74) is 0.668. The molecule has 0 bridgehead atoms. The van der Waals surface area contributed by atoms with E-state index in [9.17, 15) is 4.79 Å². The number of amides is 1. The minimum atomic E-state index is -0.0260. The van der Waals surface area contributed by atoms with E-state index < -0.39 is 0 Å². The molecule has 2 rings (SSSR count). The van der Waals surface area contributed by atoms with Gasteiger partial charge in [0.15, 0.2) is 0 Å². The second-order valence-electron chi connectivity index (χ2n) is 3.79. The third-order valence-electron chi connectivity index (χ3n) is 2.57. The quantitative estimate of drug-likeness (QED) is 0.861. The molecule has 0 radical (unpaired) electrons. The van der Waals surface area contributed by atoms with Gasteiger partial charge in [0, 0.05) is 21.5 Å². The van der Waals surface area contributed by atoms with E-state index in [2.05, 4.69) is 42.5 Å². The van der Waals surface area contributed by atoms with E-state index in [1.54, 1.807) is 0 Å². The number of nitrogens with one attached hydrogen (secondary N) is 2. The number of hydrogen-bond acceptors (Lipinski definition) is 2. The van der Waals surface area contributed by atoms with E-state index in [0.29, 0.717) is 5.56 Å². The molecule has 0 saturated carbocycles. The van der Waals surface area contributed by atoms with Crippen LogP contribution in [-0.2, 0) is 0 Å². The summed E-state index contributed by atoms with van der Waals surface area (Å²) in [6.45, 7) is 1.84. The van der Waals surface area contributed by atoms with Crippen molar-refractivity contribution in [3.63, 3.8) is 0 Å². The van der Waals surface area contributed by atoms with Crippen LogP contribution in [0.4, 0.5) is 0 Å². The summed E-state index contributed by atoms with van der Waals surface area (Å²) in [5, 5.41) is 6.23. The second kappa shape index (κ2) is 5.29. The molecular weight excluding hydrogens is 336 g/mol. The van der Waals surface area contributed by atoms with Crippen molar-refractivity contribution in [3.8, 4) is 0 Å². The molecule has 1 aromatic carbocycles. The van der Waals surface area contributed by atoms with Crippen LogP contribution in [0.3, 0.4) is 0 Å². The minimum absolute atomic E-state index is 0.0260. The zero-order valence-corrected chi connectivity index (χ0v) is 11.8. The zero-order chi connectivity index (χ0) is 11.5. The third-order valence-corrected chi connectivity index (χ3v) is 3.75. The van der Waals surface area contributed by atoms with Gasteiger partial charge in [-0.1, -0.05) is 15.9 Å². The van der Waals surface area contributed by atoms with Crippen molar-refractivity contribution in [1.29, 1.82) is 0 Å². The molecule has 1 saturated heterocycles. The van der Waals surface area contributed by atoms with E-state index >= 15 is 0 Å². The van der Waals surface area contributed by atoms with Gasteiger partial charge in [-0.2, -0.15) is 0 Å². The van der Waals surface area contributed by atoms with Crippen LogP contribution < -0.4 is 10.6 Å². The molecule has 1 amide bonds. The van der Waals surface area contributed by atoms with Gasteiger partial charge in [0.05, 0.1) is 5.56 Å². The largest absolute Gasteiger partial charge is 0.348 e. The molecule has 5 heteroatoms. The fraction of sp³-hybridized carbons (Fsp3) is 0.364. The van der Waals surface area contributed by atoms with Gasteiger partial charge in [0.1, 0.15) is 0 Å². The summed E-state index contributed by atoms with van der Waals surface area (Å²) in [4.78, 5) is 12.0. The highest BCUT2D eigenvalue weighted by molar-refractivity contribution is 9.11. The van der Waals surface area contributed by atoms with Crippen LogP contribution in [0.25, 0.3) is 0 Å². The Hall–Kier alpha value is -0.390. The Bertz CT molecular complexity index is 403. The average molecular weight is 348 g/mol. The summed E-state index contributed by atoms with van der Waals surface area (Å²) in [5.74, 6) is -0.0260. The molecule has 0 aliphatic carbocycles. The van der Waals surface area contributed by atoms with Gasteiger partial charge in [0.2, 0.25) is 0 Å². The summed E-state index contributed by atoms with van der Waals surface area (Å²) >= 11 is 6.75. The van der Waals surface area contributed by atoms with Crippen LogP contribution in [0.1, 0.15) is 16.8 Å². The van der Waals surface area contributed by atoms with E-state index in [1.807, 2.05) is 18.2 Å². The maximum Gasteiger partial charge on any atom is 0.252 e. The van der Waals surface area contributed by atoms with Gasteiger partial charge in [-0.3, -0.25) is 4.79 Å². The number of carbonyl (C=O) groups is 1. The molecule has 86 valence electrons. The number of halogens is 2. The Balaban J connectivity index is 2.10. The third kappa shape index (κ3) is 2.84. The van der Waals surface area contributed by atoms with Crippen molar-refractivity contribution in [2.24, 2.45) is 0 Å². The summed E-state index contributed by atoms with van der Waals surface area (Å²) < 4.78 is 1.73. The molecule has 2 N–H and O–H groups in total. The first-order valence-corrected chi connectivity index (χ1v) is 6.72. The van der Waals surface area contributed by atoms with Gasteiger partial charge in [-0.15, -0.1) is 0 Å². The van der Waals surface area contributed by atoms with E-state index in [-0.39, 0.29) is 11.9 Å². The lowest BCUT2D eigenvalue weighted by atomic mass is 10.2. The summed E-state index contributed by atoms with van der Waals surface area (Å²) in [6.07, 6.45) is 0.997. The molecule has 0 aromatic heterocycles. The molecule has 1 aromatic rings. The monoisotopic (exact) mass is 346 g/mol. The van der Waals surface area contributed by atoms with Gasteiger partial charge in [-0.05, 0) is 47.1 Å². The Morgan fingerprint density at radius 1 is 1.44 bits per heavy atom. The molecule has 1 heterocycles. The highest BCUT2D eigenvalue weighted by atomic mass is 79.9. The van der Waals surface area contributed by atoms with Crippen molar-refractivity contribution in [2.45, 2.75) is 12.5 Å². The molecule has 1 atom stereocenters. The van der Waals surface area contributed by atoms with Gasteiger partial charge < -0.3 is 10.6 Å². The van der Waals surface area contributed by atoms with Crippen LogP contribution in [0.2, 0.25) is 0 Å². The molecule has 0 unspecified atom stereocenters. The van der Waals surface area contributed by atoms with Crippen LogP contribution in [0.15, 0.2) is 27.1 Å². The maximum atomic E-state index is 12.0. The molecule has 1 aliphatic rings. The summed E-state index contributed by atoms with van der Waals surface area (Å²) in [6, 6.07) is 5.84. The minimum Gasteiger partial charge on any atom is -0.348 e. The first-order chi connectivity index (χ1) is 7.66. The van der Waals surface area contributed by atoms with E-state index in [4.69, 9.17) is 0 Å². The predicted molar refractivity (Wildman–Crippen MR) is 70.6 cm³/mol. The van der Waals surface area contributed by atoms with Crippen molar-refractivity contribution in [1.82, 2.24) is 10.6 Å². The number of carbonyl (C=O) groups excluding carboxylic acids is 1. The lowest BCUT2D eigenvalue weighted by molar-refractivity contribution is 0.0939. The molecule has 0 spiro atoms. The van der Waals surface area contributed by atoms with Gasteiger partial charge >= 0.3 is 0 Å². The van der Waals surface area contributed by atoms with Gasteiger partial charge in [0.25, 0.3) is 5.91 Å². The van der Waals surface area contributed by atoms with Crippen LogP contribution >= 0.6 is 31.9 Å². The smallest absolute Gasteiger partial charge is 0.252 e. The molecule has 1 aliphatic heterocycles. The highest BCUT2D eigenvalue weighted by Crippen LogP contribution is 2.21. The Morgan fingerprint density at radius 3 is 2.94 bits per heavy atom. The van der Waals surface area contributed by atoms with Crippen LogP contribution in [0, 0.1) is 0 Å². The van der Waals surface area contributed by atoms with Crippen molar-refractivity contribution in [2.75, 3.05) is 13.1 Å². The standard InChI is InChI=1S/C11H12Br2N2O/c12-7-1-2-10(13)9(5-7)11(16)15-8-3-4-14-6-8/h1-2,5,8,14H,3-4,6H2,(H,15,16)/t8-/m1/s1. The fourth-order valence-electron chi connectivity index (χ4n) is 1.71.